The van der Waals surface area contributed by atoms with E-state index in [0.29, 0.717) is 18.1 Å². The van der Waals surface area contributed by atoms with Crippen molar-refractivity contribution in [3.05, 3.63) is 22.4 Å². The fraction of sp³-hybridized carbons (Fsp3) is 0.667. The lowest BCUT2D eigenvalue weighted by atomic mass is 9.96. The summed E-state index contributed by atoms with van der Waals surface area (Å²) in [6.07, 6.45) is 1.54. The molecule has 2 heterocycles. The Bertz CT molecular complexity index is 286. The third kappa shape index (κ3) is 2.41. The predicted octanol–water partition coefficient (Wildman–Crippen LogP) is 2.82. The summed E-state index contributed by atoms with van der Waals surface area (Å²) in [6.45, 7) is 6.35. The van der Waals surface area contributed by atoms with Gasteiger partial charge in [0.15, 0.2) is 0 Å². The van der Waals surface area contributed by atoms with Gasteiger partial charge in [-0.3, -0.25) is 0 Å². The smallest absolute Gasteiger partial charge is 0.0803 e. The minimum absolute atomic E-state index is 0.351. The molecule has 0 amide bonds. The Morgan fingerprint density at radius 3 is 3.07 bits per heavy atom. The number of hydrogen-bond donors (Lipinski definition) is 1. The summed E-state index contributed by atoms with van der Waals surface area (Å²) >= 11 is 1.82. The molecule has 2 nitrogen and oxygen atoms in total. The molecule has 3 unspecified atom stereocenters. The van der Waals surface area contributed by atoms with Crippen LogP contribution in [0.1, 0.15) is 31.2 Å². The van der Waals surface area contributed by atoms with Crippen LogP contribution in [0, 0.1) is 5.92 Å². The predicted molar refractivity (Wildman–Crippen MR) is 64.3 cm³/mol. The quantitative estimate of drug-likeness (QED) is 0.851. The highest BCUT2D eigenvalue weighted by Gasteiger charge is 2.32. The van der Waals surface area contributed by atoms with E-state index in [1.54, 1.807) is 0 Å². The van der Waals surface area contributed by atoms with Gasteiger partial charge in [0, 0.05) is 11.5 Å². The zero-order chi connectivity index (χ0) is 10.7. The van der Waals surface area contributed by atoms with E-state index in [-0.39, 0.29) is 0 Å². The van der Waals surface area contributed by atoms with Crippen LogP contribution in [0.2, 0.25) is 0 Å². The molecule has 84 valence electrons. The molecule has 3 atom stereocenters. The highest BCUT2D eigenvalue weighted by atomic mass is 32.1. The van der Waals surface area contributed by atoms with Gasteiger partial charge in [-0.15, -0.1) is 11.3 Å². The molecular weight excluding hydrogens is 206 g/mol. The van der Waals surface area contributed by atoms with Crippen molar-refractivity contribution in [3.8, 4) is 0 Å². The van der Waals surface area contributed by atoms with Crippen molar-refractivity contribution >= 4 is 11.3 Å². The Morgan fingerprint density at radius 2 is 2.53 bits per heavy atom. The molecule has 0 aromatic carbocycles. The molecule has 0 radical (unpaired) electrons. The zero-order valence-corrected chi connectivity index (χ0v) is 10.2. The van der Waals surface area contributed by atoms with Gasteiger partial charge in [-0.1, -0.05) is 19.9 Å². The fourth-order valence-corrected chi connectivity index (χ4v) is 3.05. The topological polar surface area (TPSA) is 21.3 Å². The second-order valence-corrected chi connectivity index (χ2v) is 5.13. The molecule has 1 aromatic heterocycles. The van der Waals surface area contributed by atoms with E-state index in [4.69, 9.17) is 4.74 Å². The highest BCUT2D eigenvalue weighted by molar-refractivity contribution is 7.10. The van der Waals surface area contributed by atoms with E-state index < -0.39 is 0 Å². The van der Waals surface area contributed by atoms with Crippen molar-refractivity contribution in [2.24, 2.45) is 5.92 Å². The number of nitrogens with one attached hydrogen (secondary N) is 1. The van der Waals surface area contributed by atoms with E-state index >= 15 is 0 Å². The summed E-state index contributed by atoms with van der Waals surface area (Å²) in [7, 11) is 0. The second-order valence-electron chi connectivity index (χ2n) is 4.15. The summed E-state index contributed by atoms with van der Waals surface area (Å²) in [4.78, 5) is 1.40. The summed E-state index contributed by atoms with van der Waals surface area (Å²) in [5.41, 5.74) is 0. The van der Waals surface area contributed by atoms with E-state index in [0.717, 1.165) is 13.2 Å². The van der Waals surface area contributed by atoms with Crippen molar-refractivity contribution in [1.82, 2.24) is 5.32 Å². The lowest BCUT2D eigenvalue weighted by Crippen LogP contribution is -2.34. The first-order valence-corrected chi connectivity index (χ1v) is 6.59. The average molecular weight is 225 g/mol. The average Bonchev–Trinajstić information content (AvgIpc) is 2.85. The normalized spacial score (nSPS) is 28.1. The van der Waals surface area contributed by atoms with Crippen LogP contribution in [0.5, 0.6) is 0 Å². The van der Waals surface area contributed by atoms with Gasteiger partial charge in [-0.05, 0) is 30.3 Å². The van der Waals surface area contributed by atoms with Crippen LogP contribution in [0.4, 0.5) is 0 Å². The Kier molecular flexibility index (Phi) is 3.78. The molecule has 1 N–H and O–H groups in total. The number of thiophene rings is 1. The fourth-order valence-electron chi connectivity index (χ4n) is 2.21. The third-order valence-electron chi connectivity index (χ3n) is 3.05. The summed E-state index contributed by atoms with van der Waals surface area (Å²) in [5, 5.41) is 5.68. The first kappa shape index (κ1) is 11.1. The van der Waals surface area contributed by atoms with Crippen LogP contribution in [-0.4, -0.2) is 19.3 Å². The monoisotopic (exact) mass is 225 g/mol. The Labute approximate surface area is 95.6 Å². The van der Waals surface area contributed by atoms with E-state index in [9.17, 15) is 0 Å². The van der Waals surface area contributed by atoms with Crippen LogP contribution in [-0.2, 0) is 4.74 Å². The summed E-state index contributed by atoms with van der Waals surface area (Å²) < 4.78 is 5.85. The largest absolute Gasteiger partial charge is 0.376 e. The van der Waals surface area contributed by atoms with E-state index in [2.05, 4.69) is 36.7 Å². The van der Waals surface area contributed by atoms with E-state index in [1.165, 1.54) is 11.3 Å². The molecule has 1 saturated heterocycles. The van der Waals surface area contributed by atoms with Gasteiger partial charge in [0.1, 0.15) is 0 Å². The maximum atomic E-state index is 5.85. The summed E-state index contributed by atoms with van der Waals surface area (Å²) in [6, 6.07) is 4.70. The van der Waals surface area contributed by atoms with Crippen molar-refractivity contribution in [1.29, 1.82) is 0 Å². The minimum atomic E-state index is 0.351. The molecule has 2 rings (SSSR count). The number of rotatable bonds is 4. The minimum Gasteiger partial charge on any atom is -0.376 e. The van der Waals surface area contributed by atoms with Gasteiger partial charge < -0.3 is 10.1 Å². The molecule has 1 aliphatic heterocycles. The number of hydrogen-bond acceptors (Lipinski definition) is 3. The lowest BCUT2D eigenvalue weighted by Gasteiger charge is -2.25. The lowest BCUT2D eigenvalue weighted by molar-refractivity contribution is 0.0622. The van der Waals surface area contributed by atoms with Gasteiger partial charge in [-0.2, -0.15) is 0 Å². The standard InChI is InChI=1S/C12H19NOS/c1-3-13-11(10-5-4-8-15-10)12-9(2)6-7-14-12/h4-5,8-9,11-13H,3,6-7H2,1-2H3. The van der Waals surface area contributed by atoms with Gasteiger partial charge in [0.2, 0.25) is 0 Å². The van der Waals surface area contributed by atoms with Crippen LogP contribution in [0.3, 0.4) is 0 Å². The Morgan fingerprint density at radius 1 is 1.67 bits per heavy atom. The van der Waals surface area contributed by atoms with Gasteiger partial charge in [-0.25, -0.2) is 0 Å². The molecule has 1 aromatic rings. The Hall–Kier alpha value is -0.380. The van der Waals surface area contributed by atoms with Crippen LogP contribution in [0.25, 0.3) is 0 Å². The van der Waals surface area contributed by atoms with Crippen molar-refractivity contribution in [2.75, 3.05) is 13.2 Å². The SMILES string of the molecule is CCNC(c1cccs1)C1OCCC1C. The third-order valence-corrected chi connectivity index (χ3v) is 4.00. The maximum absolute atomic E-state index is 5.85. The first-order valence-electron chi connectivity index (χ1n) is 5.71. The summed E-state index contributed by atoms with van der Waals surface area (Å²) in [5.74, 6) is 0.663. The molecule has 0 saturated carbocycles. The molecule has 1 fully saturated rings. The number of likely N-dealkylation sites (N-methyl/N-ethyl adjacent to an activating group) is 1. The molecule has 15 heavy (non-hydrogen) atoms. The van der Waals surface area contributed by atoms with Gasteiger partial charge >= 0.3 is 0 Å². The van der Waals surface area contributed by atoms with Crippen LogP contribution >= 0.6 is 11.3 Å². The van der Waals surface area contributed by atoms with Crippen LogP contribution in [0.15, 0.2) is 17.5 Å². The molecule has 1 aliphatic rings. The van der Waals surface area contributed by atoms with Crippen molar-refractivity contribution in [3.63, 3.8) is 0 Å². The van der Waals surface area contributed by atoms with Crippen molar-refractivity contribution in [2.45, 2.75) is 32.4 Å². The highest BCUT2D eigenvalue weighted by Crippen LogP contribution is 2.33. The van der Waals surface area contributed by atoms with Gasteiger partial charge in [0.05, 0.1) is 12.1 Å². The number of ether oxygens (including phenoxy) is 1. The Balaban J connectivity index is 2.12. The molecule has 0 aliphatic carbocycles. The molecule has 0 spiro atoms. The second kappa shape index (κ2) is 5.10. The van der Waals surface area contributed by atoms with Crippen LogP contribution < -0.4 is 5.32 Å². The van der Waals surface area contributed by atoms with Crippen molar-refractivity contribution < 1.29 is 4.74 Å². The van der Waals surface area contributed by atoms with E-state index in [1.807, 2.05) is 11.3 Å². The molecular formula is C12H19NOS. The molecule has 3 heteroatoms. The van der Waals surface area contributed by atoms with Gasteiger partial charge in [0.25, 0.3) is 0 Å². The maximum Gasteiger partial charge on any atom is 0.0803 e. The first-order chi connectivity index (χ1) is 7.33. The molecule has 0 bridgehead atoms. The zero-order valence-electron chi connectivity index (χ0n) is 9.40.